The lowest BCUT2D eigenvalue weighted by molar-refractivity contribution is -0.118. The number of benzene rings is 3. The highest BCUT2D eigenvalue weighted by atomic mass is 32.2. The quantitative estimate of drug-likeness (QED) is 0.306. The predicted molar refractivity (Wildman–Crippen MR) is 136 cm³/mol. The summed E-state index contributed by atoms with van der Waals surface area (Å²) in [6, 6.07) is 24.3. The summed E-state index contributed by atoms with van der Waals surface area (Å²) in [5, 5.41) is 12.4. The van der Waals surface area contributed by atoms with Gasteiger partial charge in [-0.2, -0.15) is 0 Å². The molecule has 0 aliphatic carbocycles. The van der Waals surface area contributed by atoms with E-state index in [0.29, 0.717) is 24.7 Å². The zero-order chi connectivity index (χ0) is 24.5. The minimum absolute atomic E-state index is 0.0827. The highest BCUT2D eigenvalue weighted by molar-refractivity contribution is 7.99. The number of rotatable bonds is 11. The van der Waals surface area contributed by atoms with Crippen molar-refractivity contribution in [3.05, 3.63) is 95.8 Å². The molecule has 0 fully saturated rings. The van der Waals surface area contributed by atoms with Gasteiger partial charge in [0.15, 0.2) is 11.0 Å². The zero-order valence-electron chi connectivity index (χ0n) is 19.5. The predicted octanol–water partition coefficient (Wildman–Crippen LogP) is 4.79. The maximum atomic E-state index is 13.0. The molecule has 0 radical (unpaired) electrons. The molecular weight excluding hydrogens is 463 g/mol. The number of carbonyl (C=O) groups is 1. The van der Waals surface area contributed by atoms with Crippen LogP contribution in [0.3, 0.4) is 0 Å². The van der Waals surface area contributed by atoms with Gasteiger partial charge in [0.1, 0.15) is 11.6 Å². The molecule has 0 saturated carbocycles. The first-order valence-electron chi connectivity index (χ1n) is 11.4. The number of methoxy groups -OCH3 is 1. The second-order valence-electron chi connectivity index (χ2n) is 7.94. The molecule has 8 heteroatoms. The number of nitrogens with one attached hydrogen (secondary N) is 1. The normalized spacial score (nSPS) is 10.8. The Morgan fingerprint density at radius 2 is 1.66 bits per heavy atom. The van der Waals surface area contributed by atoms with Crippen LogP contribution in [0.15, 0.2) is 84.0 Å². The van der Waals surface area contributed by atoms with E-state index in [4.69, 9.17) is 4.74 Å². The summed E-state index contributed by atoms with van der Waals surface area (Å²) in [7, 11) is 1.64. The number of ether oxygens (including phenoxy) is 1. The van der Waals surface area contributed by atoms with Gasteiger partial charge in [-0.05, 0) is 60.4 Å². The SMILES string of the molecule is COc1ccc(-c2nnc(SCC(=O)NCCc3ccc(F)cc3)n2CCc2ccccc2)cc1. The average molecular weight is 491 g/mol. The van der Waals surface area contributed by atoms with Crippen molar-refractivity contribution < 1.29 is 13.9 Å². The number of nitrogens with zero attached hydrogens (tertiary/aromatic N) is 3. The third-order valence-electron chi connectivity index (χ3n) is 5.51. The lowest BCUT2D eigenvalue weighted by atomic mass is 10.1. The lowest BCUT2D eigenvalue weighted by Gasteiger charge is -2.11. The second-order valence-corrected chi connectivity index (χ2v) is 8.88. The van der Waals surface area contributed by atoms with Crippen molar-refractivity contribution in [2.75, 3.05) is 19.4 Å². The molecule has 0 aliphatic rings. The van der Waals surface area contributed by atoms with Gasteiger partial charge < -0.3 is 14.6 Å². The highest BCUT2D eigenvalue weighted by Gasteiger charge is 2.16. The van der Waals surface area contributed by atoms with E-state index in [2.05, 4.69) is 32.2 Å². The van der Waals surface area contributed by atoms with Crippen LogP contribution in [0, 0.1) is 5.82 Å². The van der Waals surface area contributed by atoms with Crippen LogP contribution in [-0.4, -0.2) is 40.1 Å². The van der Waals surface area contributed by atoms with Crippen LogP contribution in [0.1, 0.15) is 11.1 Å². The molecule has 1 aromatic heterocycles. The maximum absolute atomic E-state index is 13.0. The monoisotopic (exact) mass is 490 g/mol. The summed E-state index contributed by atoms with van der Waals surface area (Å²) in [4.78, 5) is 12.4. The van der Waals surface area contributed by atoms with Crippen LogP contribution in [0.4, 0.5) is 4.39 Å². The largest absolute Gasteiger partial charge is 0.497 e. The molecular formula is C27H27FN4O2S. The van der Waals surface area contributed by atoms with Gasteiger partial charge in [-0.15, -0.1) is 10.2 Å². The van der Waals surface area contributed by atoms with Gasteiger partial charge >= 0.3 is 0 Å². The molecule has 6 nitrogen and oxygen atoms in total. The highest BCUT2D eigenvalue weighted by Crippen LogP contribution is 2.26. The molecule has 3 aromatic carbocycles. The van der Waals surface area contributed by atoms with E-state index >= 15 is 0 Å². The Morgan fingerprint density at radius 1 is 0.943 bits per heavy atom. The van der Waals surface area contributed by atoms with Crippen LogP contribution in [0.25, 0.3) is 11.4 Å². The molecule has 4 aromatic rings. The molecule has 0 unspecified atom stereocenters. The number of carbonyl (C=O) groups excluding carboxylic acids is 1. The second kappa shape index (κ2) is 12.2. The summed E-state index contributed by atoms with van der Waals surface area (Å²) in [5.74, 6) is 1.41. The molecule has 0 saturated heterocycles. The average Bonchev–Trinajstić information content (AvgIpc) is 3.30. The molecule has 4 rings (SSSR count). The summed E-state index contributed by atoms with van der Waals surface area (Å²) in [6.45, 7) is 1.18. The minimum atomic E-state index is -0.264. The first-order chi connectivity index (χ1) is 17.1. The third kappa shape index (κ3) is 6.93. The number of thioether (sulfide) groups is 1. The van der Waals surface area contributed by atoms with Gasteiger partial charge in [0.05, 0.1) is 12.9 Å². The van der Waals surface area contributed by atoms with Crippen LogP contribution in [0.5, 0.6) is 5.75 Å². The lowest BCUT2D eigenvalue weighted by Crippen LogP contribution is -2.27. The maximum Gasteiger partial charge on any atom is 0.230 e. The van der Waals surface area contributed by atoms with Gasteiger partial charge in [0, 0.05) is 18.7 Å². The molecule has 0 bridgehead atoms. The van der Waals surface area contributed by atoms with Gasteiger partial charge in [-0.1, -0.05) is 54.2 Å². The number of hydrogen-bond donors (Lipinski definition) is 1. The van der Waals surface area contributed by atoms with Crippen molar-refractivity contribution in [2.24, 2.45) is 0 Å². The van der Waals surface area contributed by atoms with E-state index in [-0.39, 0.29) is 17.5 Å². The third-order valence-corrected chi connectivity index (χ3v) is 6.48. The van der Waals surface area contributed by atoms with Gasteiger partial charge in [0.2, 0.25) is 5.91 Å². The van der Waals surface area contributed by atoms with Crippen LogP contribution < -0.4 is 10.1 Å². The zero-order valence-corrected chi connectivity index (χ0v) is 20.3. The Bertz CT molecular complexity index is 1230. The van der Waals surface area contributed by atoms with E-state index in [9.17, 15) is 9.18 Å². The molecule has 1 heterocycles. The van der Waals surface area contributed by atoms with Crippen molar-refractivity contribution in [2.45, 2.75) is 24.5 Å². The molecule has 0 aliphatic heterocycles. The summed E-state index contributed by atoms with van der Waals surface area (Å²) in [6.07, 6.45) is 1.46. The van der Waals surface area contributed by atoms with Crippen LogP contribution in [0.2, 0.25) is 0 Å². The fourth-order valence-corrected chi connectivity index (χ4v) is 4.41. The summed E-state index contributed by atoms with van der Waals surface area (Å²) in [5.41, 5.74) is 3.13. The smallest absolute Gasteiger partial charge is 0.230 e. The molecule has 0 spiro atoms. The van der Waals surface area contributed by atoms with Crippen molar-refractivity contribution >= 4 is 17.7 Å². The van der Waals surface area contributed by atoms with E-state index in [1.807, 2.05) is 42.5 Å². The van der Waals surface area contributed by atoms with Gasteiger partial charge in [-0.3, -0.25) is 4.79 Å². The molecule has 35 heavy (non-hydrogen) atoms. The number of halogens is 1. The first kappa shape index (κ1) is 24.5. The fourth-order valence-electron chi connectivity index (χ4n) is 3.61. The topological polar surface area (TPSA) is 69.0 Å². The van der Waals surface area contributed by atoms with Crippen LogP contribution >= 0.6 is 11.8 Å². The van der Waals surface area contributed by atoms with E-state index in [0.717, 1.165) is 29.1 Å². The molecule has 180 valence electrons. The standard InChI is InChI=1S/C27H27FN4O2S/c1-34-24-13-9-22(10-14-24)26-30-31-27(32(26)18-16-20-5-3-2-4-6-20)35-19-25(33)29-17-15-21-7-11-23(28)12-8-21/h2-14H,15-19H2,1H3,(H,29,33). The molecule has 0 atom stereocenters. The Labute approximate surface area is 208 Å². The van der Waals surface area contributed by atoms with Crippen molar-refractivity contribution in [1.82, 2.24) is 20.1 Å². The van der Waals surface area contributed by atoms with E-state index in [1.165, 1.54) is 29.5 Å². The number of aryl methyl sites for hydroxylation is 1. The Hall–Kier alpha value is -3.65. The Balaban J connectivity index is 1.41. The Kier molecular flexibility index (Phi) is 8.51. The minimum Gasteiger partial charge on any atom is -0.497 e. The number of aromatic nitrogens is 3. The Morgan fingerprint density at radius 3 is 2.37 bits per heavy atom. The van der Waals surface area contributed by atoms with Crippen molar-refractivity contribution in [3.8, 4) is 17.1 Å². The van der Waals surface area contributed by atoms with E-state index in [1.54, 1.807) is 19.2 Å². The van der Waals surface area contributed by atoms with Crippen molar-refractivity contribution in [3.63, 3.8) is 0 Å². The van der Waals surface area contributed by atoms with E-state index < -0.39 is 0 Å². The fraction of sp³-hybridized carbons (Fsp3) is 0.222. The summed E-state index contributed by atoms with van der Waals surface area (Å²) >= 11 is 1.36. The molecule has 1 amide bonds. The number of amides is 1. The van der Waals surface area contributed by atoms with Crippen LogP contribution in [-0.2, 0) is 24.2 Å². The van der Waals surface area contributed by atoms with Gasteiger partial charge in [-0.25, -0.2) is 4.39 Å². The van der Waals surface area contributed by atoms with Gasteiger partial charge in [0.25, 0.3) is 0 Å². The first-order valence-corrected chi connectivity index (χ1v) is 12.4. The number of hydrogen-bond acceptors (Lipinski definition) is 5. The van der Waals surface area contributed by atoms with Crippen molar-refractivity contribution in [1.29, 1.82) is 0 Å². The molecule has 1 N–H and O–H groups in total. The summed E-state index contributed by atoms with van der Waals surface area (Å²) < 4.78 is 20.4.